The minimum absolute atomic E-state index is 0.492. The summed E-state index contributed by atoms with van der Waals surface area (Å²) in [7, 11) is 0. The van der Waals surface area contributed by atoms with Crippen molar-refractivity contribution in [3.05, 3.63) is 33.8 Å². The molecule has 2 N–H and O–H groups in total. The largest absolute Gasteiger partial charge is 0.389 e. The van der Waals surface area contributed by atoms with Gasteiger partial charge in [-0.2, -0.15) is 0 Å². The molecule has 19 heavy (non-hydrogen) atoms. The van der Waals surface area contributed by atoms with Crippen LogP contribution >= 0.6 is 15.9 Å². The van der Waals surface area contributed by atoms with Gasteiger partial charge >= 0.3 is 0 Å². The summed E-state index contributed by atoms with van der Waals surface area (Å²) in [5.74, 6) is 0.772. The predicted octanol–water partition coefficient (Wildman–Crippen LogP) is 3.79. The Bertz CT molecular complexity index is 425. The summed E-state index contributed by atoms with van der Waals surface area (Å²) < 4.78 is 1.15. The normalized spacial score (nSPS) is 27.5. The van der Waals surface area contributed by atoms with Crippen LogP contribution in [0.3, 0.4) is 0 Å². The summed E-state index contributed by atoms with van der Waals surface area (Å²) in [4.78, 5) is 0. The molecule has 0 radical (unpaired) electrons. The van der Waals surface area contributed by atoms with E-state index in [0.717, 1.165) is 42.6 Å². The van der Waals surface area contributed by atoms with Crippen LogP contribution in [0.2, 0.25) is 0 Å². The Hall–Kier alpha value is -0.380. The van der Waals surface area contributed by atoms with Gasteiger partial charge in [0.05, 0.1) is 5.60 Å². The van der Waals surface area contributed by atoms with Crippen molar-refractivity contribution in [2.75, 3.05) is 6.54 Å². The molecule has 1 saturated carbocycles. The van der Waals surface area contributed by atoms with E-state index in [9.17, 15) is 5.11 Å². The molecule has 106 valence electrons. The second-order valence-corrected chi connectivity index (χ2v) is 6.95. The van der Waals surface area contributed by atoms with Crippen molar-refractivity contribution in [1.82, 2.24) is 5.32 Å². The van der Waals surface area contributed by atoms with E-state index in [1.807, 2.05) is 0 Å². The molecule has 1 aromatic rings. The number of aliphatic hydroxyl groups is 1. The van der Waals surface area contributed by atoms with Crippen molar-refractivity contribution < 1.29 is 5.11 Å². The van der Waals surface area contributed by atoms with E-state index in [4.69, 9.17) is 0 Å². The molecule has 0 bridgehead atoms. The van der Waals surface area contributed by atoms with Crippen LogP contribution in [0.1, 0.15) is 43.7 Å². The van der Waals surface area contributed by atoms with Gasteiger partial charge in [-0.05, 0) is 55.7 Å². The fourth-order valence-corrected chi connectivity index (χ4v) is 3.09. The van der Waals surface area contributed by atoms with Gasteiger partial charge in [0, 0.05) is 17.6 Å². The van der Waals surface area contributed by atoms with Crippen molar-refractivity contribution in [2.45, 2.75) is 51.7 Å². The maximum absolute atomic E-state index is 10.5. The first kappa shape index (κ1) is 15.0. The molecular weight excluding hydrogens is 302 g/mol. The second kappa shape index (κ2) is 6.38. The molecule has 3 heteroatoms. The third kappa shape index (κ3) is 4.30. The molecular formula is C16H24BrNO. The highest BCUT2D eigenvalue weighted by molar-refractivity contribution is 9.10. The number of benzene rings is 1. The number of hydrogen-bond donors (Lipinski definition) is 2. The van der Waals surface area contributed by atoms with E-state index in [-0.39, 0.29) is 0 Å². The van der Waals surface area contributed by atoms with Gasteiger partial charge in [0.25, 0.3) is 0 Å². The van der Waals surface area contributed by atoms with Gasteiger partial charge in [0.1, 0.15) is 0 Å². The molecule has 0 aromatic heterocycles. The molecule has 1 fully saturated rings. The number of rotatable bonds is 4. The quantitative estimate of drug-likeness (QED) is 0.882. The fourth-order valence-electron chi connectivity index (χ4n) is 2.66. The zero-order valence-electron chi connectivity index (χ0n) is 11.9. The summed E-state index contributed by atoms with van der Waals surface area (Å²) in [6.07, 6.45) is 4.15. The fraction of sp³-hybridized carbons (Fsp3) is 0.625. The Morgan fingerprint density at radius 1 is 1.37 bits per heavy atom. The molecule has 2 rings (SSSR count). The van der Waals surface area contributed by atoms with Crippen molar-refractivity contribution in [1.29, 1.82) is 0 Å². The van der Waals surface area contributed by atoms with Gasteiger partial charge < -0.3 is 10.4 Å². The highest BCUT2D eigenvalue weighted by Gasteiger charge is 2.31. The Morgan fingerprint density at radius 2 is 2.05 bits per heavy atom. The van der Waals surface area contributed by atoms with Gasteiger partial charge in [-0.3, -0.25) is 0 Å². The summed E-state index contributed by atoms with van der Waals surface area (Å²) in [6.45, 7) is 5.88. The van der Waals surface area contributed by atoms with Crippen molar-refractivity contribution in [2.24, 2.45) is 5.92 Å². The summed E-state index contributed by atoms with van der Waals surface area (Å²) >= 11 is 3.55. The number of halogens is 1. The first-order valence-electron chi connectivity index (χ1n) is 7.17. The molecule has 0 spiro atoms. The lowest BCUT2D eigenvalue weighted by Crippen LogP contribution is -2.43. The smallest absolute Gasteiger partial charge is 0.0771 e. The third-order valence-electron chi connectivity index (χ3n) is 4.22. The van der Waals surface area contributed by atoms with Crippen LogP contribution in [0.4, 0.5) is 0 Å². The zero-order chi connectivity index (χ0) is 13.9. The number of nitrogens with one attached hydrogen (secondary N) is 1. The molecule has 1 aromatic carbocycles. The standard InChI is InChI=1S/C16H24BrNO/c1-12-5-7-16(19,8-6-12)11-18-10-14-4-3-13(2)15(17)9-14/h3-4,9,12,18-19H,5-8,10-11H2,1-2H3. The van der Waals surface area contributed by atoms with Crippen LogP contribution in [0.25, 0.3) is 0 Å². The molecule has 0 unspecified atom stereocenters. The monoisotopic (exact) mass is 325 g/mol. The maximum atomic E-state index is 10.5. The molecule has 0 atom stereocenters. The molecule has 0 heterocycles. The van der Waals surface area contributed by atoms with Crippen molar-refractivity contribution in [3.8, 4) is 0 Å². The topological polar surface area (TPSA) is 32.3 Å². The summed E-state index contributed by atoms with van der Waals surface area (Å²) in [5.41, 5.74) is 2.02. The van der Waals surface area contributed by atoms with Crippen LogP contribution in [0.15, 0.2) is 22.7 Å². The molecule has 0 amide bonds. The van der Waals surface area contributed by atoms with Gasteiger partial charge in [0.2, 0.25) is 0 Å². The second-order valence-electron chi connectivity index (χ2n) is 6.09. The highest BCUT2D eigenvalue weighted by atomic mass is 79.9. The third-order valence-corrected chi connectivity index (χ3v) is 5.08. The van der Waals surface area contributed by atoms with Crippen LogP contribution in [0, 0.1) is 12.8 Å². The van der Waals surface area contributed by atoms with Gasteiger partial charge in [-0.15, -0.1) is 0 Å². The predicted molar refractivity (Wildman–Crippen MR) is 83.2 cm³/mol. The lowest BCUT2D eigenvalue weighted by molar-refractivity contribution is -0.00630. The van der Waals surface area contributed by atoms with E-state index in [1.165, 1.54) is 11.1 Å². The van der Waals surface area contributed by atoms with Crippen LogP contribution in [0.5, 0.6) is 0 Å². The molecule has 0 aliphatic heterocycles. The van der Waals surface area contributed by atoms with E-state index < -0.39 is 5.60 Å². The minimum Gasteiger partial charge on any atom is -0.389 e. The Labute approximate surface area is 124 Å². The van der Waals surface area contributed by atoms with Gasteiger partial charge in [-0.25, -0.2) is 0 Å². The molecule has 1 aliphatic carbocycles. The lowest BCUT2D eigenvalue weighted by Gasteiger charge is -2.35. The SMILES string of the molecule is Cc1ccc(CNCC2(O)CCC(C)CC2)cc1Br. The average Bonchev–Trinajstić information content (AvgIpc) is 2.38. The Balaban J connectivity index is 1.81. The van der Waals surface area contributed by atoms with E-state index in [1.54, 1.807) is 0 Å². The number of aryl methyl sites for hydroxylation is 1. The number of hydrogen-bond acceptors (Lipinski definition) is 2. The van der Waals surface area contributed by atoms with Crippen molar-refractivity contribution >= 4 is 15.9 Å². The highest BCUT2D eigenvalue weighted by Crippen LogP contribution is 2.31. The maximum Gasteiger partial charge on any atom is 0.0771 e. The van der Waals surface area contributed by atoms with Gasteiger partial charge in [0.15, 0.2) is 0 Å². The van der Waals surface area contributed by atoms with E-state index in [2.05, 4.69) is 53.3 Å². The summed E-state index contributed by atoms with van der Waals surface area (Å²) in [6, 6.07) is 6.41. The first-order chi connectivity index (χ1) is 8.98. The molecule has 0 saturated heterocycles. The molecule has 1 aliphatic rings. The van der Waals surface area contributed by atoms with E-state index >= 15 is 0 Å². The zero-order valence-corrected chi connectivity index (χ0v) is 13.5. The summed E-state index contributed by atoms with van der Waals surface area (Å²) in [5, 5.41) is 13.9. The Morgan fingerprint density at radius 3 is 2.68 bits per heavy atom. The van der Waals surface area contributed by atoms with Crippen LogP contribution in [-0.2, 0) is 6.54 Å². The van der Waals surface area contributed by atoms with Crippen molar-refractivity contribution in [3.63, 3.8) is 0 Å². The van der Waals surface area contributed by atoms with E-state index in [0.29, 0.717) is 6.54 Å². The van der Waals surface area contributed by atoms with Gasteiger partial charge in [-0.1, -0.05) is 35.0 Å². The van der Waals surface area contributed by atoms with Crippen LogP contribution in [-0.4, -0.2) is 17.3 Å². The first-order valence-corrected chi connectivity index (χ1v) is 7.96. The lowest BCUT2D eigenvalue weighted by atomic mass is 9.79. The average molecular weight is 326 g/mol. The Kier molecular flexibility index (Phi) is 5.04. The molecule has 2 nitrogen and oxygen atoms in total. The van der Waals surface area contributed by atoms with Crippen LogP contribution < -0.4 is 5.32 Å². The minimum atomic E-state index is -0.492.